The first-order valence-electron chi connectivity index (χ1n) is 6.10. The lowest BCUT2D eigenvalue weighted by molar-refractivity contribution is -0.384. The molecule has 0 spiro atoms. The summed E-state index contributed by atoms with van der Waals surface area (Å²) in [6, 6.07) is 4.74. The minimum Gasteiger partial charge on any atom is -0.378 e. The van der Waals surface area contributed by atoms with Gasteiger partial charge in [-0.3, -0.25) is 10.1 Å². The number of benzene rings is 1. The Kier molecular flexibility index (Phi) is 2.83. The highest BCUT2D eigenvalue weighted by Crippen LogP contribution is 2.25. The predicted octanol–water partition coefficient (Wildman–Crippen LogP) is 1.32. The van der Waals surface area contributed by atoms with Crippen molar-refractivity contribution < 1.29 is 9.66 Å². The Morgan fingerprint density at radius 1 is 1.37 bits per heavy atom. The number of anilines is 1. The summed E-state index contributed by atoms with van der Waals surface area (Å²) in [5.41, 5.74) is 1.63. The van der Waals surface area contributed by atoms with Crippen LogP contribution in [-0.4, -0.2) is 40.8 Å². The number of imidazole rings is 1. The van der Waals surface area contributed by atoms with E-state index in [0.29, 0.717) is 13.2 Å². The number of hydrogen-bond donors (Lipinski definition) is 0. The standard InChI is InChI=1S/C12H14N4O3/c1-14-11-8-9(16(17)18)2-3-10(11)13-12(14)15-4-6-19-7-5-15/h2-3,8H,4-7H2,1H3. The van der Waals surface area contributed by atoms with Gasteiger partial charge in [-0.1, -0.05) is 0 Å². The number of nitro groups is 1. The Bertz CT molecular complexity index is 631. The summed E-state index contributed by atoms with van der Waals surface area (Å²) in [5.74, 6) is 0.832. The van der Waals surface area contributed by atoms with Crippen LogP contribution in [0.1, 0.15) is 0 Å². The second kappa shape index (κ2) is 4.51. The van der Waals surface area contributed by atoms with E-state index in [2.05, 4.69) is 9.88 Å². The molecule has 1 aromatic carbocycles. The van der Waals surface area contributed by atoms with Gasteiger partial charge in [-0.25, -0.2) is 4.98 Å². The van der Waals surface area contributed by atoms with Crippen LogP contribution in [0.25, 0.3) is 11.0 Å². The van der Waals surface area contributed by atoms with Crippen LogP contribution in [0.4, 0.5) is 11.6 Å². The van der Waals surface area contributed by atoms with Gasteiger partial charge in [-0.2, -0.15) is 0 Å². The van der Waals surface area contributed by atoms with Gasteiger partial charge in [0.2, 0.25) is 5.95 Å². The second-order valence-electron chi connectivity index (χ2n) is 4.50. The van der Waals surface area contributed by atoms with Crippen LogP contribution in [-0.2, 0) is 11.8 Å². The van der Waals surface area contributed by atoms with Crippen LogP contribution >= 0.6 is 0 Å². The summed E-state index contributed by atoms with van der Waals surface area (Å²) < 4.78 is 7.21. The van der Waals surface area contributed by atoms with Gasteiger partial charge in [0.25, 0.3) is 5.69 Å². The molecule has 7 nitrogen and oxygen atoms in total. The Balaban J connectivity index is 2.06. The molecule has 1 aliphatic heterocycles. The molecule has 1 saturated heterocycles. The Morgan fingerprint density at radius 2 is 2.11 bits per heavy atom. The zero-order valence-corrected chi connectivity index (χ0v) is 10.6. The summed E-state index contributed by atoms with van der Waals surface area (Å²) in [6.07, 6.45) is 0. The van der Waals surface area contributed by atoms with Crippen LogP contribution in [0.5, 0.6) is 0 Å². The number of fused-ring (bicyclic) bond motifs is 1. The Labute approximate surface area is 109 Å². The zero-order valence-electron chi connectivity index (χ0n) is 10.6. The maximum atomic E-state index is 10.8. The fraction of sp³-hybridized carbons (Fsp3) is 0.417. The van der Waals surface area contributed by atoms with Crippen LogP contribution < -0.4 is 4.90 Å². The number of rotatable bonds is 2. The third kappa shape index (κ3) is 2.01. The van der Waals surface area contributed by atoms with Gasteiger partial charge in [0, 0.05) is 32.3 Å². The third-order valence-corrected chi connectivity index (χ3v) is 3.35. The molecule has 1 aromatic heterocycles. The normalized spacial score (nSPS) is 15.9. The van der Waals surface area contributed by atoms with E-state index >= 15 is 0 Å². The smallest absolute Gasteiger partial charge is 0.271 e. The zero-order chi connectivity index (χ0) is 13.4. The molecule has 2 heterocycles. The van der Waals surface area contributed by atoms with E-state index in [1.54, 1.807) is 12.1 Å². The largest absolute Gasteiger partial charge is 0.378 e. The topological polar surface area (TPSA) is 73.4 Å². The van der Waals surface area contributed by atoms with Crippen molar-refractivity contribution in [2.45, 2.75) is 0 Å². The van der Waals surface area contributed by atoms with Gasteiger partial charge in [0.1, 0.15) is 0 Å². The second-order valence-corrected chi connectivity index (χ2v) is 4.50. The first kappa shape index (κ1) is 11.9. The summed E-state index contributed by atoms with van der Waals surface area (Å²) in [4.78, 5) is 17.1. The Morgan fingerprint density at radius 3 is 2.79 bits per heavy atom. The van der Waals surface area contributed by atoms with E-state index in [9.17, 15) is 10.1 Å². The predicted molar refractivity (Wildman–Crippen MR) is 70.4 cm³/mol. The van der Waals surface area contributed by atoms with E-state index in [1.807, 2.05) is 11.6 Å². The number of non-ortho nitro benzene ring substituents is 1. The lowest BCUT2D eigenvalue weighted by Crippen LogP contribution is -2.37. The van der Waals surface area contributed by atoms with Crippen molar-refractivity contribution in [3.8, 4) is 0 Å². The van der Waals surface area contributed by atoms with E-state index < -0.39 is 0 Å². The van der Waals surface area contributed by atoms with E-state index in [4.69, 9.17) is 4.74 Å². The third-order valence-electron chi connectivity index (χ3n) is 3.35. The van der Waals surface area contributed by atoms with Crippen LogP contribution in [0, 0.1) is 10.1 Å². The number of ether oxygens (including phenoxy) is 1. The molecule has 0 N–H and O–H groups in total. The molecule has 0 bridgehead atoms. The van der Waals surface area contributed by atoms with E-state index in [0.717, 1.165) is 30.1 Å². The molecule has 0 aliphatic carbocycles. The average Bonchev–Trinajstić information content (AvgIpc) is 2.77. The number of nitro benzene ring substituents is 1. The van der Waals surface area contributed by atoms with Crippen LogP contribution in [0.3, 0.4) is 0 Å². The average molecular weight is 262 g/mol. The number of nitrogens with zero attached hydrogens (tertiary/aromatic N) is 4. The molecular weight excluding hydrogens is 248 g/mol. The molecule has 0 saturated carbocycles. The van der Waals surface area contributed by atoms with Gasteiger partial charge in [0.05, 0.1) is 29.2 Å². The van der Waals surface area contributed by atoms with Gasteiger partial charge in [0.15, 0.2) is 0 Å². The molecule has 2 aromatic rings. The maximum Gasteiger partial charge on any atom is 0.271 e. The molecule has 7 heteroatoms. The SMILES string of the molecule is Cn1c(N2CCOCC2)nc2ccc([N+](=O)[O-])cc21. The number of morpholine rings is 1. The fourth-order valence-electron chi connectivity index (χ4n) is 2.33. The van der Waals surface area contributed by atoms with Gasteiger partial charge < -0.3 is 14.2 Å². The number of aryl methyl sites for hydroxylation is 1. The maximum absolute atomic E-state index is 10.8. The highest BCUT2D eigenvalue weighted by molar-refractivity contribution is 5.81. The summed E-state index contributed by atoms with van der Waals surface area (Å²) in [7, 11) is 1.88. The van der Waals surface area contributed by atoms with Crippen molar-refractivity contribution in [2.24, 2.45) is 7.05 Å². The molecular formula is C12H14N4O3. The molecule has 0 unspecified atom stereocenters. The van der Waals surface area contributed by atoms with E-state index in [-0.39, 0.29) is 10.6 Å². The first-order valence-corrected chi connectivity index (χ1v) is 6.10. The van der Waals surface area contributed by atoms with Crippen molar-refractivity contribution in [1.29, 1.82) is 0 Å². The molecule has 0 amide bonds. The van der Waals surface area contributed by atoms with Crippen molar-refractivity contribution in [3.63, 3.8) is 0 Å². The van der Waals surface area contributed by atoms with Crippen LogP contribution in [0.15, 0.2) is 18.2 Å². The first-order chi connectivity index (χ1) is 9.16. The molecule has 0 atom stereocenters. The van der Waals surface area contributed by atoms with Crippen LogP contribution in [0.2, 0.25) is 0 Å². The highest BCUT2D eigenvalue weighted by Gasteiger charge is 2.19. The lowest BCUT2D eigenvalue weighted by atomic mass is 10.3. The lowest BCUT2D eigenvalue weighted by Gasteiger charge is -2.27. The fourth-order valence-corrected chi connectivity index (χ4v) is 2.33. The van der Waals surface area contributed by atoms with Gasteiger partial charge >= 0.3 is 0 Å². The number of aromatic nitrogens is 2. The minimum absolute atomic E-state index is 0.0871. The van der Waals surface area contributed by atoms with Crippen molar-refractivity contribution in [2.75, 3.05) is 31.2 Å². The molecule has 100 valence electrons. The van der Waals surface area contributed by atoms with E-state index in [1.165, 1.54) is 6.07 Å². The minimum atomic E-state index is -0.388. The van der Waals surface area contributed by atoms with Crippen molar-refractivity contribution >= 4 is 22.7 Å². The molecule has 1 aliphatic rings. The van der Waals surface area contributed by atoms with Crippen molar-refractivity contribution in [1.82, 2.24) is 9.55 Å². The Hall–Kier alpha value is -2.15. The molecule has 19 heavy (non-hydrogen) atoms. The quantitative estimate of drug-likeness (QED) is 0.602. The van der Waals surface area contributed by atoms with Gasteiger partial charge in [-0.05, 0) is 6.07 Å². The van der Waals surface area contributed by atoms with Gasteiger partial charge in [-0.15, -0.1) is 0 Å². The van der Waals surface area contributed by atoms with Crippen molar-refractivity contribution in [3.05, 3.63) is 28.3 Å². The molecule has 0 radical (unpaired) electrons. The monoisotopic (exact) mass is 262 g/mol. The highest BCUT2D eigenvalue weighted by atomic mass is 16.6. The molecule has 1 fully saturated rings. The summed E-state index contributed by atoms with van der Waals surface area (Å²) in [6.45, 7) is 2.95. The molecule has 3 rings (SSSR count). The summed E-state index contributed by atoms with van der Waals surface area (Å²) >= 11 is 0. The summed E-state index contributed by atoms with van der Waals surface area (Å²) in [5, 5.41) is 10.8. The number of hydrogen-bond acceptors (Lipinski definition) is 5.